The van der Waals surface area contributed by atoms with Crippen LogP contribution in [0.3, 0.4) is 0 Å². The lowest BCUT2D eigenvalue weighted by atomic mass is 10.1. The highest BCUT2D eigenvalue weighted by Crippen LogP contribution is 2.40. The van der Waals surface area contributed by atoms with Crippen molar-refractivity contribution in [3.8, 4) is 0 Å². The first-order chi connectivity index (χ1) is 13.4. The summed E-state index contributed by atoms with van der Waals surface area (Å²) in [6.45, 7) is 0.997. The molecule has 0 saturated carbocycles. The van der Waals surface area contributed by atoms with Gasteiger partial charge in [0.2, 0.25) is 9.84 Å². The van der Waals surface area contributed by atoms with E-state index in [0.717, 1.165) is 37.5 Å². The SMILES string of the molecule is O=C(C1=CN(c2ccc(F)cc2)c2cc(F)ccc2S1(=O)=O)N1CCCCC1. The third-order valence-corrected chi connectivity index (χ3v) is 6.75. The van der Waals surface area contributed by atoms with Crippen LogP contribution < -0.4 is 4.90 Å². The number of sulfone groups is 1. The molecule has 0 aromatic heterocycles. The van der Waals surface area contributed by atoms with Crippen molar-refractivity contribution in [2.75, 3.05) is 18.0 Å². The molecule has 1 fully saturated rings. The van der Waals surface area contributed by atoms with E-state index in [0.29, 0.717) is 18.8 Å². The molecule has 28 heavy (non-hydrogen) atoms. The summed E-state index contributed by atoms with van der Waals surface area (Å²) in [5.41, 5.74) is 0.508. The summed E-state index contributed by atoms with van der Waals surface area (Å²) in [6, 6.07) is 8.63. The molecule has 0 bridgehead atoms. The molecule has 0 unspecified atom stereocenters. The van der Waals surface area contributed by atoms with Gasteiger partial charge in [0.1, 0.15) is 11.6 Å². The number of nitrogens with zero attached hydrogens (tertiary/aromatic N) is 2. The minimum absolute atomic E-state index is 0.0850. The van der Waals surface area contributed by atoms with Gasteiger partial charge < -0.3 is 9.80 Å². The maximum atomic E-state index is 13.9. The molecule has 2 aromatic carbocycles. The summed E-state index contributed by atoms with van der Waals surface area (Å²) in [4.78, 5) is 15.4. The van der Waals surface area contributed by atoms with Crippen molar-refractivity contribution in [3.05, 3.63) is 65.2 Å². The Hall–Kier alpha value is -2.74. The van der Waals surface area contributed by atoms with Crippen LogP contribution in [0.1, 0.15) is 19.3 Å². The quantitative estimate of drug-likeness (QED) is 0.716. The zero-order chi connectivity index (χ0) is 19.9. The summed E-state index contributed by atoms with van der Waals surface area (Å²) in [6.07, 6.45) is 3.85. The van der Waals surface area contributed by atoms with Crippen molar-refractivity contribution in [1.29, 1.82) is 0 Å². The van der Waals surface area contributed by atoms with E-state index in [-0.39, 0.29) is 15.5 Å². The molecule has 146 valence electrons. The molecule has 0 aliphatic carbocycles. The topological polar surface area (TPSA) is 57.7 Å². The summed E-state index contributed by atoms with van der Waals surface area (Å²) < 4.78 is 53.4. The van der Waals surface area contributed by atoms with Crippen molar-refractivity contribution in [3.63, 3.8) is 0 Å². The first-order valence-corrected chi connectivity index (χ1v) is 10.5. The molecule has 1 saturated heterocycles. The smallest absolute Gasteiger partial charge is 0.267 e. The molecule has 2 aromatic rings. The Balaban J connectivity index is 1.87. The summed E-state index contributed by atoms with van der Waals surface area (Å²) >= 11 is 0. The average Bonchev–Trinajstić information content (AvgIpc) is 2.69. The van der Waals surface area contributed by atoms with Gasteiger partial charge in [-0.1, -0.05) is 0 Å². The highest BCUT2D eigenvalue weighted by Gasteiger charge is 2.38. The minimum Gasteiger partial charge on any atom is -0.338 e. The number of anilines is 2. The molecule has 0 spiro atoms. The van der Waals surface area contributed by atoms with Gasteiger partial charge in [0.05, 0.1) is 10.6 Å². The molecule has 0 radical (unpaired) electrons. The minimum atomic E-state index is -4.11. The van der Waals surface area contributed by atoms with Crippen LogP contribution in [0.2, 0.25) is 0 Å². The van der Waals surface area contributed by atoms with Crippen molar-refractivity contribution < 1.29 is 22.0 Å². The van der Waals surface area contributed by atoms with Crippen molar-refractivity contribution in [2.45, 2.75) is 24.2 Å². The number of likely N-dealkylation sites (tertiary alicyclic amines) is 1. The maximum absolute atomic E-state index is 13.9. The molecule has 2 aliphatic heterocycles. The predicted octanol–water partition coefficient (Wildman–Crippen LogP) is 3.74. The molecule has 0 N–H and O–H groups in total. The van der Waals surface area contributed by atoms with Crippen LogP contribution in [-0.2, 0) is 14.6 Å². The van der Waals surface area contributed by atoms with E-state index in [2.05, 4.69) is 0 Å². The Kier molecular flexibility index (Phi) is 4.66. The number of rotatable bonds is 2. The number of piperidine rings is 1. The monoisotopic (exact) mass is 404 g/mol. The third kappa shape index (κ3) is 3.17. The summed E-state index contributed by atoms with van der Waals surface area (Å²) in [5, 5.41) is 0. The van der Waals surface area contributed by atoms with E-state index in [9.17, 15) is 22.0 Å². The van der Waals surface area contributed by atoms with Crippen LogP contribution in [0.5, 0.6) is 0 Å². The fourth-order valence-corrected chi connectivity index (χ4v) is 5.04. The fourth-order valence-electron chi connectivity index (χ4n) is 3.52. The Labute approximate surface area is 161 Å². The van der Waals surface area contributed by atoms with E-state index in [1.165, 1.54) is 40.3 Å². The average molecular weight is 404 g/mol. The van der Waals surface area contributed by atoms with Gasteiger partial charge in [-0.05, 0) is 61.7 Å². The number of carbonyl (C=O) groups excluding carboxylic acids is 1. The van der Waals surface area contributed by atoms with Crippen LogP contribution in [0, 0.1) is 11.6 Å². The Morgan fingerprint density at radius 3 is 2.21 bits per heavy atom. The second-order valence-electron chi connectivity index (χ2n) is 6.81. The lowest BCUT2D eigenvalue weighted by Crippen LogP contribution is -2.39. The van der Waals surface area contributed by atoms with E-state index in [1.54, 1.807) is 0 Å². The Morgan fingerprint density at radius 2 is 1.54 bits per heavy atom. The summed E-state index contributed by atoms with van der Waals surface area (Å²) in [7, 11) is -4.11. The Bertz CT molecular complexity index is 1060. The lowest BCUT2D eigenvalue weighted by molar-refractivity contribution is -0.127. The van der Waals surface area contributed by atoms with Crippen LogP contribution in [0.15, 0.2) is 58.5 Å². The number of amides is 1. The third-order valence-electron chi connectivity index (χ3n) is 4.96. The van der Waals surface area contributed by atoms with Gasteiger partial charge in [0, 0.05) is 25.0 Å². The standard InChI is InChI=1S/C20H18F2N2O3S/c21-14-4-7-16(8-5-14)24-13-19(20(25)23-10-2-1-3-11-23)28(26,27)18-9-6-15(22)12-17(18)24/h4-9,12-13H,1-3,10-11H2. The molecular weight excluding hydrogens is 386 g/mol. The number of benzene rings is 2. The van der Waals surface area contributed by atoms with Gasteiger partial charge in [-0.3, -0.25) is 4.79 Å². The van der Waals surface area contributed by atoms with Crippen LogP contribution in [0.4, 0.5) is 20.2 Å². The molecule has 8 heteroatoms. The molecular formula is C20H18F2N2O3S. The largest absolute Gasteiger partial charge is 0.338 e. The van der Waals surface area contributed by atoms with Crippen LogP contribution >= 0.6 is 0 Å². The van der Waals surface area contributed by atoms with E-state index in [4.69, 9.17) is 0 Å². The first kappa shape index (κ1) is 18.6. The first-order valence-electron chi connectivity index (χ1n) is 8.98. The number of halogens is 2. The number of hydrogen-bond donors (Lipinski definition) is 0. The van der Waals surface area contributed by atoms with Gasteiger partial charge in [0.25, 0.3) is 5.91 Å². The zero-order valence-electron chi connectivity index (χ0n) is 14.9. The second kappa shape index (κ2) is 7.01. The lowest BCUT2D eigenvalue weighted by Gasteiger charge is -2.32. The number of fused-ring (bicyclic) bond motifs is 1. The number of hydrogen-bond acceptors (Lipinski definition) is 4. The molecule has 0 atom stereocenters. The van der Waals surface area contributed by atoms with Gasteiger partial charge >= 0.3 is 0 Å². The van der Waals surface area contributed by atoms with Gasteiger partial charge in [-0.25, -0.2) is 17.2 Å². The number of carbonyl (C=O) groups is 1. The van der Waals surface area contributed by atoms with Crippen LogP contribution in [0.25, 0.3) is 0 Å². The van der Waals surface area contributed by atoms with Crippen molar-refractivity contribution in [2.24, 2.45) is 0 Å². The van der Waals surface area contributed by atoms with Crippen LogP contribution in [-0.4, -0.2) is 32.3 Å². The van der Waals surface area contributed by atoms with E-state index < -0.39 is 27.4 Å². The predicted molar refractivity (Wildman–Crippen MR) is 101 cm³/mol. The highest BCUT2D eigenvalue weighted by atomic mass is 32.2. The van der Waals surface area contributed by atoms with E-state index in [1.807, 2.05) is 0 Å². The fraction of sp³-hybridized carbons (Fsp3) is 0.250. The van der Waals surface area contributed by atoms with Crippen molar-refractivity contribution in [1.82, 2.24) is 4.90 Å². The Morgan fingerprint density at radius 1 is 0.893 bits per heavy atom. The van der Waals surface area contributed by atoms with Gasteiger partial charge in [-0.2, -0.15) is 0 Å². The van der Waals surface area contributed by atoms with Crippen molar-refractivity contribution >= 4 is 27.1 Å². The van der Waals surface area contributed by atoms with Gasteiger partial charge in [0.15, 0.2) is 4.91 Å². The molecule has 5 nitrogen and oxygen atoms in total. The highest BCUT2D eigenvalue weighted by molar-refractivity contribution is 7.96. The van der Waals surface area contributed by atoms with E-state index >= 15 is 0 Å². The molecule has 1 amide bonds. The molecule has 4 rings (SSSR count). The second-order valence-corrected chi connectivity index (χ2v) is 8.69. The molecule has 2 heterocycles. The summed E-state index contributed by atoms with van der Waals surface area (Å²) in [5.74, 6) is -1.64. The zero-order valence-corrected chi connectivity index (χ0v) is 15.8. The normalized spacial score (nSPS) is 18.4. The molecule has 2 aliphatic rings. The maximum Gasteiger partial charge on any atom is 0.267 e. The van der Waals surface area contributed by atoms with Gasteiger partial charge in [-0.15, -0.1) is 0 Å².